The van der Waals surface area contributed by atoms with Gasteiger partial charge in [0.05, 0.1) is 4.90 Å². The number of sulfonamides is 1. The summed E-state index contributed by atoms with van der Waals surface area (Å²) in [4.78, 5) is 2.70. The first-order chi connectivity index (χ1) is 10.1. The first-order valence-electron chi connectivity index (χ1n) is 7.58. The van der Waals surface area contributed by atoms with Crippen LogP contribution >= 0.6 is 0 Å². The number of likely N-dealkylation sites (tertiary alicyclic amines) is 1. The van der Waals surface area contributed by atoms with E-state index >= 15 is 0 Å². The van der Waals surface area contributed by atoms with Crippen LogP contribution in [0.25, 0.3) is 0 Å². The van der Waals surface area contributed by atoms with Gasteiger partial charge in [0, 0.05) is 19.6 Å². The molecule has 0 bridgehead atoms. The van der Waals surface area contributed by atoms with Crippen molar-refractivity contribution < 1.29 is 8.42 Å². The second-order valence-electron chi connectivity index (χ2n) is 5.44. The second kappa shape index (κ2) is 7.89. The van der Waals surface area contributed by atoms with E-state index in [0.29, 0.717) is 18.0 Å². The number of benzene rings is 1. The molecule has 0 aliphatic carbocycles. The van der Waals surface area contributed by atoms with E-state index in [0.717, 1.165) is 25.2 Å². The van der Waals surface area contributed by atoms with Gasteiger partial charge in [-0.2, -0.15) is 0 Å². The molecule has 0 aromatic heterocycles. The fraction of sp³-hybridized carbons (Fsp3) is 0.600. The van der Waals surface area contributed by atoms with Gasteiger partial charge in [0.25, 0.3) is 0 Å². The van der Waals surface area contributed by atoms with E-state index in [4.69, 9.17) is 0 Å². The molecule has 1 aliphatic rings. The highest BCUT2D eigenvalue weighted by Gasteiger charge is 2.18. The molecule has 1 aromatic rings. The van der Waals surface area contributed by atoms with Crippen molar-refractivity contribution in [1.29, 1.82) is 0 Å². The van der Waals surface area contributed by atoms with E-state index in [2.05, 4.69) is 14.9 Å². The van der Waals surface area contributed by atoms with Crippen molar-refractivity contribution in [3.05, 3.63) is 29.8 Å². The van der Waals surface area contributed by atoms with Crippen LogP contribution in [-0.4, -0.2) is 46.5 Å². The topological polar surface area (TPSA) is 61.4 Å². The van der Waals surface area contributed by atoms with Crippen LogP contribution in [0.5, 0.6) is 0 Å². The summed E-state index contributed by atoms with van der Waals surface area (Å²) in [6.45, 7) is 3.96. The van der Waals surface area contributed by atoms with Gasteiger partial charge in [-0.05, 0) is 44.6 Å². The van der Waals surface area contributed by atoms with Crippen LogP contribution in [0.2, 0.25) is 0 Å². The summed E-state index contributed by atoms with van der Waals surface area (Å²) in [7, 11) is -1.62. The average molecular weight is 311 g/mol. The van der Waals surface area contributed by atoms with E-state index in [1.807, 2.05) is 19.2 Å². The van der Waals surface area contributed by atoms with Crippen molar-refractivity contribution in [2.45, 2.75) is 30.7 Å². The minimum Gasteiger partial charge on any atom is -0.316 e. The second-order valence-corrected chi connectivity index (χ2v) is 7.17. The van der Waals surface area contributed by atoms with Gasteiger partial charge >= 0.3 is 0 Å². The fourth-order valence-electron chi connectivity index (χ4n) is 2.70. The molecule has 0 radical (unpaired) electrons. The molecule has 1 aliphatic heterocycles. The fourth-order valence-corrected chi connectivity index (χ4v) is 3.96. The van der Waals surface area contributed by atoms with Gasteiger partial charge < -0.3 is 10.2 Å². The molecule has 5 nitrogen and oxygen atoms in total. The molecule has 118 valence electrons. The molecular weight excluding hydrogens is 286 g/mol. The van der Waals surface area contributed by atoms with Crippen LogP contribution in [0.15, 0.2) is 29.2 Å². The summed E-state index contributed by atoms with van der Waals surface area (Å²) in [6, 6.07) is 7.13. The molecule has 1 saturated heterocycles. The molecule has 0 saturated carbocycles. The van der Waals surface area contributed by atoms with Crippen molar-refractivity contribution in [3.63, 3.8) is 0 Å². The van der Waals surface area contributed by atoms with Gasteiger partial charge in [-0.25, -0.2) is 13.1 Å². The molecule has 0 spiro atoms. The third-order valence-corrected chi connectivity index (χ3v) is 5.36. The highest BCUT2D eigenvalue weighted by atomic mass is 32.2. The molecule has 21 heavy (non-hydrogen) atoms. The number of rotatable bonds is 7. The molecule has 1 aromatic carbocycles. The minimum atomic E-state index is -3.43. The highest BCUT2D eigenvalue weighted by molar-refractivity contribution is 7.89. The number of nitrogens with zero attached hydrogens (tertiary/aromatic N) is 1. The van der Waals surface area contributed by atoms with E-state index in [1.165, 1.54) is 19.3 Å². The van der Waals surface area contributed by atoms with E-state index in [9.17, 15) is 8.42 Å². The Morgan fingerprint density at radius 3 is 2.57 bits per heavy atom. The SMILES string of the molecule is CNCc1ccccc1S(=O)(=O)NCCN1CCCCC1. The van der Waals surface area contributed by atoms with Gasteiger partial charge in [0.1, 0.15) is 0 Å². The first-order valence-corrected chi connectivity index (χ1v) is 9.06. The maximum Gasteiger partial charge on any atom is 0.240 e. The molecule has 0 atom stereocenters. The molecule has 0 unspecified atom stereocenters. The lowest BCUT2D eigenvalue weighted by Gasteiger charge is -2.26. The van der Waals surface area contributed by atoms with Crippen molar-refractivity contribution in [3.8, 4) is 0 Å². The monoisotopic (exact) mass is 311 g/mol. The molecule has 2 N–H and O–H groups in total. The maximum atomic E-state index is 12.4. The Kier molecular flexibility index (Phi) is 6.17. The Morgan fingerprint density at radius 2 is 1.86 bits per heavy atom. The summed E-state index contributed by atoms with van der Waals surface area (Å²) in [6.07, 6.45) is 3.73. The quantitative estimate of drug-likeness (QED) is 0.793. The standard InChI is InChI=1S/C15H25N3O2S/c1-16-13-14-7-3-4-8-15(14)21(19,20)17-9-12-18-10-5-2-6-11-18/h3-4,7-8,16-17H,2,5-6,9-13H2,1H3. The molecule has 1 fully saturated rings. The third kappa shape index (κ3) is 4.78. The first kappa shape index (κ1) is 16.4. The normalized spacial score (nSPS) is 17.0. The number of piperidine rings is 1. The summed E-state index contributed by atoms with van der Waals surface area (Å²) in [5.41, 5.74) is 0.797. The minimum absolute atomic E-state index is 0.373. The number of hydrogen-bond donors (Lipinski definition) is 2. The van der Waals surface area contributed by atoms with Gasteiger partial charge in [0.2, 0.25) is 10.0 Å². The van der Waals surface area contributed by atoms with Crippen LogP contribution in [0.4, 0.5) is 0 Å². The van der Waals surface area contributed by atoms with Crippen LogP contribution < -0.4 is 10.0 Å². The summed E-state index contributed by atoms with van der Waals surface area (Å²) in [5.74, 6) is 0. The van der Waals surface area contributed by atoms with Crippen LogP contribution in [0.1, 0.15) is 24.8 Å². The lowest BCUT2D eigenvalue weighted by atomic mass is 10.1. The molecule has 2 rings (SSSR count). The number of nitrogens with one attached hydrogen (secondary N) is 2. The number of hydrogen-bond acceptors (Lipinski definition) is 4. The molecule has 6 heteroatoms. The average Bonchev–Trinajstić information content (AvgIpc) is 2.49. The van der Waals surface area contributed by atoms with Crippen molar-refractivity contribution in [2.24, 2.45) is 0 Å². The van der Waals surface area contributed by atoms with E-state index in [-0.39, 0.29) is 0 Å². The van der Waals surface area contributed by atoms with Gasteiger partial charge in [-0.15, -0.1) is 0 Å². The third-order valence-electron chi connectivity index (χ3n) is 3.80. The van der Waals surface area contributed by atoms with Crippen LogP contribution in [-0.2, 0) is 16.6 Å². The van der Waals surface area contributed by atoms with Gasteiger partial charge in [-0.3, -0.25) is 0 Å². The molecule has 1 heterocycles. The summed E-state index contributed by atoms with van der Waals surface area (Å²) < 4.78 is 27.5. The van der Waals surface area contributed by atoms with E-state index < -0.39 is 10.0 Å². The maximum absolute atomic E-state index is 12.4. The zero-order chi connectivity index (χ0) is 15.1. The smallest absolute Gasteiger partial charge is 0.240 e. The Balaban J connectivity index is 1.94. The van der Waals surface area contributed by atoms with Crippen LogP contribution in [0, 0.1) is 0 Å². The zero-order valence-electron chi connectivity index (χ0n) is 12.6. The summed E-state index contributed by atoms with van der Waals surface area (Å²) in [5, 5.41) is 3.00. The lowest BCUT2D eigenvalue weighted by Crippen LogP contribution is -2.37. The van der Waals surface area contributed by atoms with Crippen LogP contribution in [0.3, 0.4) is 0 Å². The molecule has 0 amide bonds. The Labute approximate surface area is 127 Å². The Bertz CT molecular complexity index is 540. The predicted molar refractivity (Wildman–Crippen MR) is 84.7 cm³/mol. The predicted octanol–water partition coefficient (Wildman–Crippen LogP) is 1.17. The van der Waals surface area contributed by atoms with E-state index in [1.54, 1.807) is 12.1 Å². The highest BCUT2D eigenvalue weighted by Crippen LogP contribution is 2.15. The summed E-state index contributed by atoms with van der Waals surface area (Å²) >= 11 is 0. The Hall–Kier alpha value is -0.950. The largest absolute Gasteiger partial charge is 0.316 e. The van der Waals surface area contributed by atoms with Crippen molar-refractivity contribution in [1.82, 2.24) is 14.9 Å². The lowest BCUT2D eigenvalue weighted by molar-refractivity contribution is 0.233. The van der Waals surface area contributed by atoms with Gasteiger partial charge in [-0.1, -0.05) is 24.6 Å². The Morgan fingerprint density at radius 1 is 1.14 bits per heavy atom. The molecular formula is C15H25N3O2S. The van der Waals surface area contributed by atoms with Crippen molar-refractivity contribution in [2.75, 3.05) is 33.2 Å². The van der Waals surface area contributed by atoms with Gasteiger partial charge in [0.15, 0.2) is 0 Å². The van der Waals surface area contributed by atoms with Crippen molar-refractivity contribution >= 4 is 10.0 Å². The zero-order valence-corrected chi connectivity index (χ0v) is 13.5.